The maximum Gasteiger partial charge on any atom is 0.256 e. The molecule has 0 unspecified atom stereocenters. The van der Waals surface area contributed by atoms with E-state index in [0.717, 1.165) is 12.1 Å². The minimum absolute atomic E-state index is 0.0287. The topological polar surface area (TPSA) is 72.9 Å². The van der Waals surface area contributed by atoms with Crippen LogP contribution >= 0.6 is 12.2 Å². The molecule has 0 saturated carbocycles. The molecule has 0 radical (unpaired) electrons. The van der Waals surface area contributed by atoms with Crippen molar-refractivity contribution in [3.63, 3.8) is 0 Å². The molecule has 1 aromatic heterocycles. The first-order chi connectivity index (χ1) is 9.40. The maximum atomic E-state index is 13.1. The number of halogens is 2. The second-order valence-corrected chi connectivity index (χ2v) is 4.42. The van der Waals surface area contributed by atoms with E-state index in [2.05, 4.69) is 10.4 Å². The Labute approximate surface area is 118 Å². The van der Waals surface area contributed by atoms with Crippen molar-refractivity contribution < 1.29 is 13.6 Å². The van der Waals surface area contributed by atoms with Gasteiger partial charge in [-0.05, 0) is 18.2 Å². The molecule has 1 amide bonds. The van der Waals surface area contributed by atoms with Gasteiger partial charge in [-0.25, -0.2) is 8.78 Å². The van der Waals surface area contributed by atoms with Gasteiger partial charge in [0.15, 0.2) is 11.6 Å². The summed E-state index contributed by atoms with van der Waals surface area (Å²) >= 11 is 4.83. The van der Waals surface area contributed by atoms with Gasteiger partial charge in [-0.1, -0.05) is 12.2 Å². The summed E-state index contributed by atoms with van der Waals surface area (Å²) in [4.78, 5) is 12.0. The first kappa shape index (κ1) is 14.1. The van der Waals surface area contributed by atoms with Gasteiger partial charge in [0.2, 0.25) is 0 Å². The second-order valence-electron chi connectivity index (χ2n) is 3.98. The summed E-state index contributed by atoms with van der Waals surface area (Å²) in [5, 5.41) is 6.42. The number of rotatable bonds is 3. The summed E-state index contributed by atoms with van der Waals surface area (Å²) < 4.78 is 27.3. The van der Waals surface area contributed by atoms with E-state index in [9.17, 15) is 13.6 Å². The highest BCUT2D eigenvalue weighted by Gasteiger charge is 2.16. The fourth-order valence-corrected chi connectivity index (χ4v) is 1.73. The summed E-state index contributed by atoms with van der Waals surface area (Å²) in [6.45, 7) is 0. The Kier molecular flexibility index (Phi) is 3.75. The van der Waals surface area contributed by atoms with Gasteiger partial charge >= 0.3 is 0 Å². The highest BCUT2D eigenvalue weighted by Crippen LogP contribution is 2.16. The highest BCUT2D eigenvalue weighted by atomic mass is 32.1. The molecule has 0 fully saturated rings. The molecule has 1 aromatic carbocycles. The van der Waals surface area contributed by atoms with Gasteiger partial charge in [0.05, 0.1) is 11.8 Å². The van der Waals surface area contributed by atoms with Crippen LogP contribution in [0.1, 0.15) is 15.9 Å². The number of aryl methyl sites for hydroxylation is 1. The summed E-state index contributed by atoms with van der Waals surface area (Å²) in [5.74, 6) is -2.46. The van der Waals surface area contributed by atoms with Crippen molar-refractivity contribution in [3.05, 3.63) is 47.2 Å². The fraction of sp³-hybridized carbons (Fsp3) is 0.0833. The molecule has 0 bridgehead atoms. The standard InChI is InChI=1S/C12H10F2N4OS/c1-18-11(7(5-16-18)10(15)20)17-12(19)6-2-3-8(13)9(14)4-6/h2-5H,1H3,(H2,15,20)(H,17,19). The fourth-order valence-electron chi connectivity index (χ4n) is 1.58. The first-order valence-electron chi connectivity index (χ1n) is 5.48. The van der Waals surface area contributed by atoms with E-state index in [1.54, 1.807) is 7.05 Å². The minimum atomic E-state index is -1.10. The number of nitrogens with one attached hydrogen (secondary N) is 1. The zero-order valence-electron chi connectivity index (χ0n) is 10.4. The summed E-state index contributed by atoms with van der Waals surface area (Å²) in [5.41, 5.74) is 5.86. The Morgan fingerprint density at radius 2 is 2.10 bits per heavy atom. The van der Waals surface area contributed by atoms with Crippen molar-refractivity contribution in [2.75, 3.05) is 5.32 Å². The largest absolute Gasteiger partial charge is 0.389 e. The van der Waals surface area contributed by atoms with Gasteiger partial charge in [0, 0.05) is 12.6 Å². The van der Waals surface area contributed by atoms with E-state index in [4.69, 9.17) is 18.0 Å². The lowest BCUT2D eigenvalue weighted by atomic mass is 10.2. The predicted molar refractivity (Wildman–Crippen MR) is 73.4 cm³/mol. The van der Waals surface area contributed by atoms with Crippen LogP contribution in [0.3, 0.4) is 0 Å². The van der Waals surface area contributed by atoms with Crippen LogP contribution in [0.2, 0.25) is 0 Å². The molecule has 0 spiro atoms. The number of anilines is 1. The number of carbonyl (C=O) groups is 1. The number of nitrogens with two attached hydrogens (primary N) is 1. The van der Waals surface area contributed by atoms with Crippen LogP contribution in [0.25, 0.3) is 0 Å². The first-order valence-corrected chi connectivity index (χ1v) is 5.89. The highest BCUT2D eigenvalue weighted by molar-refractivity contribution is 7.80. The normalized spacial score (nSPS) is 10.3. The van der Waals surface area contributed by atoms with E-state index < -0.39 is 17.5 Å². The number of benzene rings is 1. The molecule has 104 valence electrons. The van der Waals surface area contributed by atoms with Crippen molar-refractivity contribution in [3.8, 4) is 0 Å². The average molecular weight is 296 g/mol. The zero-order chi connectivity index (χ0) is 14.9. The van der Waals surface area contributed by atoms with E-state index in [1.807, 2.05) is 0 Å². The number of nitrogens with zero attached hydrogens (tertiary/aromatic N) is 2. The third kappa shape index (κ3) is 2.64. The third-order valence-corrected chi connectivity index (χ3v) is 2.84. The van der Waals surface area contributed by atoms with E-state index >= 15 is 0 Å². The van der Waals surface area contributed by atoms with Gasteiger partial charge in [-0.15, -0.1) is 0 Å². The van der Waals surface area contributed by atoms with Crippen LogP contribution in [0.15, 0.2) is 24.4 Å². The number of aromatic nitrogens is 2. The van der Waals surface area contributed by atoms with Crippen LogP contribution in [-0.2, 0) is 7.05 Å². The second kappa shape index (κ2) is 5.33. The van der Waals surface area contributed by atoms with Gasteiger partial charge in [-0.2, -0.15) is 5.10 Å². The monoisotopic (exact) mass is 296 g/mol. The maximum absolute atomic E-state index is 13.1. The molecule has 2 rings (SSSR count). The average Bonchev–Trinajstić information content (AvgIpc) is 2.74. The summed E-state index contributed by atoms with van der Waals surface area (Å²) in [6.07, 6.45) is 1.41. The lowest BCUT2D eigenvalue weighted by Crippen LogP contribution is -2.19. The lowest BCUT2D eigenvalue weighted by Gasteiger charge is -2.08. The number of amides is 1. The molecule has 1 heterocycles. The Balaban J connectivity index is 2.30. The van der Waals surface area contributed by atoms with Crippen molar-refractivity contribution in [2.24, 2.45) is 12.8 Å². The van der Waals surface area contributed by atoms with Crippen molar-refractivity contribution in [2.45, 2.75) is 0 Å². The molecule has 0 aliphatic heterocycles. The van der Waals surface area contributed by atoms with Crippen LogP contribution in [-0.4, -0.2) is 20.7 Å². The van der Waals surface area contributed by atoms with Crippen LogP contribution in [0, 0.1) is 11.6 Å². The van der Waals surface area contributed by atoms with E-state index in [1.165, 1.54) is 16.9 Å². The Bertz CT molecular complexity index is 699. The predicted octanol–water partition coefficient (Wildman–Crippen LogP) is 1.58. The third-order valence-electron chi connectivity index (χ3n) is 2.62. The van der Waals surface area contributed by atoms with Crippen molar-refractivity contribution >= 4 is 28.9 Å². The molecule has 8 heteroatoms. The Morgan fingerprint density at radius 3 is 2.70 bits per heavy atom. The molecular weight excluding hydrogens is 286 g/mol. The van der Waals surface area contributed by atoms with Crippen molar-refractivity contribution in [1.82, 2.24) is 9.78 Å². The molecule has 20 heavy (non-hydrogen) atoms. The number of hydrogen-bond donors (Lipinski definition) is 2. The van der Waals surface area contributed by atoms with Crippen LogP contribution in [0.5, 0.6) is 0 Å². The molecule has 2 aromatic rings. The van der Waals surface area contributed by atoms with Crippen LogP contribution in [0.4, 0.5) is 14.6 Å². The Morgan fingerprint density at radius 1 is 1.40 bits per heavy atom. The molecule has 3 N–H and O–H groups in total. The molecule has 0 aliphatic rings. The number of hydrogen-bond acceptors (Lipinski definition) is 3. The summed E-state index contributed by atoms with van der Waals surface area (Å²) in [7, 11) is 1.59. The zero-order valence-corrected chi connectivity index (χ0v) is 11.2. The Hall–Kier alpha value is -2.35. The quantitative estimate of drug-likeness (QED) is 0.844. The van der Waals surface area contributed by atoms with Crippen LogP contribution < -0.4 is 11.1 Å². The number of thiocarbonyl (C=S) groups is 1. The van der Waals surface area contributed by atoms with E-state index in [0.29, 0.717) is 5.56 Å². The molecule has 0 aliphatic carbocycles. The smallest absolute Gasteiger partial charge is 0.256 e. The van der Waals surface area contributed by atoms with Gasteiger partial charge in [0.25, 0.3) is 5.91 Å². The van der Waals surface area contributed by atoms with Gasteiger partial charge < -0.3 is 11.1 Å². The van der Waals surface area contributed by atoms with E-state index in [-0.39, 0.29) is 16.4 Å². The minimum Gasteiger partial charge on any atom is -0.389 e. The molecular formula is C12H10F2N4OS. The number of carbonyl (C=O) groups excluding carboxylic acids is 1. The molecule has 0 atom stereocenters. The summed E-state index contributed by atoms with van der Waals surface area (Å²) in [6, 6.07) is 2.86. The van der Waals surface area contributed by atoms with Gasteiger partial charge in [-0.3, -0.25) is 9.48 Å². The lowest BCUT2D eigenvalue weighted by molar-refractivity contribution is 0.102. The molecule has 5 nitrogen and oxygen atoms in total. The molecule has 0 saturated heterocycles. The van der Waals surface area contributed by atoms with Crippen molar-refractivity contribution in [1.29, 1.82) is 0 Å². The van der Waals surface area contributed by atoms with Gasteiger partial charge in [0.1, 0.15) is 10.8 Å². The SMILES string of the molecule is Cn1ncc(C(N)=S)c1NC(=O)c1ccc(F)c(F)c1.